The fourth-order valence-corrected chi connectivity index (χ4v) is 26.8. The van der Waals surface area contributed by atoms with Crippen molar-refractivity contribution >= 4 is 67.8 Å². The van der Waals surface area contributed by atoms with Gasteiger partial charge in [0.15, 0.2) is 0 Å². The van der Waals surface area contributed by atoms with Gasteiger partial charge in [0.25, 0.3) is 0 Å². The molecule has 0 atom stereocenters. The van der Waals surface area contributed by atoms with Crippen LogP contribution in [0.3, 0.4) is 0 Å². The molecule has 0 aromatic heterocycles. The number of anilines is 2. The molecule has 0 bridgehead atoms. The Kier molecular flexibility index (Phi) is 15.1. The van der Waals surface area contributed by atoms with Gasteiger partial charge in [-0.3, -0.25) is 0 Å². The zero-order valence-corrected chi connectivity index (χ0v) is 40.1. The van der Waals surface area contributed by atoms with Gasteiger partial charge in [-0.2, -0.15) is 0 Å². The van der Waals surface area contributed by atoms with Crippen molar-refractivity contribution in [3.63, 3.8) is 0 Å². The predicted octanol–water partition coefficient (Wildman–Crippen LogP) is 13.9. The van der Waals surface area contributed by atoms with E-state index < -0.39 is 6.84 Å². The van der Waals surface area contributed by atoms with Crippen LogP contribution in [0.2, 0.25) is 0 Å². The summed E-state index contributed by atoms with van der Waals surface area (Å²) in [5, 5.41) is 0. The van der Waals surface area contributed by atoms with Crippen molar-refractivity contribution in [3.05, 3.63) is 93.5 Å². The van der Waals surface area contributed by atoms with E-state index in [2.05, 4.69) is 150 Å². The van der Waals surface area contributed by atoms with Gasteiger partial charge in [0.1, 0.15) is 0 Å². The van der Waals surface area contributed by atoms with Crippen LogP contribution in [-0.2, 0) is 6.84 Å². The number of hydrogen-bond donors (Lipinski definition) is 0. The molecule has 0 radical (unpaired) electrons. The molecule has 286 valence electrons. The van der Waals surface area contributed by atoms with E-state index in [1.807, 2.05) is 0 Å². The summed E-state index contributed by atoms with van der Waals surface area (Å²) in [7, 11) is -0.0465. The maximum atomic E-state index is 2.81. The molecule has 3 aromatic carbocycles. The summed E-state index contributed by atoms with van der Waals surface area (Å²) in [5.41, 5.74) is 15.9. The van der Waals surface area contributed by atoms with E-state index in [-0.39, 0.29) is 7.92 Å². The van der Waals surface area contributed by atoms with Crippen LogP contribution in [0.15, 0.2) is 54.6 Å². The van der Waals surface area contributed by atoms with Gasteiger partial charge in [0.2, 0.25) is 0 Å². The second kappa shape index (κ2) is 19.1. The molecule has 1 aliphatic heterocycles. The minimum absolute atomic E-state index is 0.0465. The second-order valence-corrected chi connectivity index (χ2v) is 46.3. The van der Waals surface area contributed by atoms with Crippen molar-refractivity contribution in [2.75, 3.05) is 22.9 Å². The molecule has 4 fully saturated rings. The summed E-state index contributed by atoms with van der Waals surface area (Å²) in [6.07, 6.45) is 23.8. The summed E-state index contributed by atoms with van der Waals surface area (Å²) in [6, 6.07) is 20.2. The standard InChI is InChI=1S/C21H26N2.C18H33P.C7H6.2HI.Ru/c1-14-9-16(3)20(17(4)10-14)22-7-8-23(13-22)21-18(5)11-15(2)12-19(21)6;1-4-10-16(11-5-1)19(17-12-6-2-7-13-17)18-14-8-3-9-15-18;1-7-5-3-2-4-6-7;;;/h9-12H,7-8H2,1-6H3;16-18H,1-15H2;1-6H;2*1H;/q;;;;;+2/p-1. The third-order valence-electron chi connectivity index (χ3n) is 12.3. The van der Waals surface area contributed by atoms with E-state index in [9.17, 15) is 0 Å². The molecule has 7 rings (SSSR count). The molecule has 2 nitrogen and oxygen atoms in total. The zero-order valence-electron chi connectivity index (χ0n) is 33.0. The average molecular weight is 1030 g/mol. The molecular formula is C46H66I2N2PRu+. The SMILES string of the molecule is C1CCC([PH+](C2CCCCC2)C2CCCCC2)CC1.Cc1cc(C)c(N2CCN(c3c(C)cc(C)cc3C)[C]2=[Ru]([I])([I])=[CH]c2ccccc2)c(C)c1. The second-order valence-electron chi connectivity index (χ2n) is 16.5. The van der Waals surface area contributed by atoms with E-state index in [1.165, 1.54) is 71.7 Å². The Morgan fingerprint density at radius 2 is 0.885 bits per heavy atom. The van der Waals surface area contributed by atoms with Crippen LogP contribution in [-0.4, -0.2) is 39.0 Å². The summed E-state index contributed by atoms with van der Waals surface area (Å²) in [4.78, 5) is 5.29. The molecule has 0 N–H and O–H groups in total. The monoisotopic (exact) mass is 1030 g/mol. The van der Waals surface area contributed by atoms with E-state index in [0.717, 1.165) is 13.1 Å². The summed E-state index contributed by atoms with van der Waals surface area (Å²) in [5.74, 6) is 0. The fourth-order valence-electron chi connectivity index (χ4n) is 10.4. The van der Waals surface area contributed by atoms with Crippen LogP contribution in [0.4, 0.5) is 11.4 Å². The number of nitrogens with zero attached hydrogens (tertiary/aromatic N) is 2. The third kappa shape index (κ3) is 10.1. The molecule has 6 heteroatoms. The van der Waals surface area contributed by atoms with Gasteiger partial charge in [0, 0.05) is 7.92 Å². The quantitative estimate of drug-likeness (QED) is 0.138. The predicted molar refractivity (Wildman–Crippen MR) is 250 cm³/mol. The van der Waals surface area contributed by atoms with Gasteiger partial charge in [-0.1, -0.05) is 19.3 Å². The van der Waals surface area contributed by atoms with Crippen LogP contribution in [0.1, 0.15) is 135 Å². The molecule has 1 saturated heterocycles. The molecule has 0 unspecified atom stereocenters. The Hall–Kier alpha value is -0.487. The van der Waals surface area contributed by atoms with Gasteiger partial charge in [-0.15, -0.1) is 0 Å². The molecule has 0 spiro atoms. The van der Waals surface area contributed by atoms with Crippen molar-refractivity contribution in [1.29, 1.82) is 0 Å². The topological polar surface area (TPSA) is 6.48 Å². The minimum atomic E-state index is -2.45. The molecule has 3 aromatic rings. The Morgan fingerprint density at radius 1 is 0.538 bits per heavy atom. The Morgan fingerprint density at radius 3 is 1.23 bits per heavy atom. The molecule has 1 heterocycles. The molecule has 3 saturated carbocycles. The first-order valence-electron chi connectivity index (χ1n) is 20.5. The average Bonchev–Trinajstić information content (AvgIpc) is 3.54. The number of hydrogen-bond acceptors (Lipinski definition) is 2. The molecule has 3 aliphatic carbocycles. The van der Waals surface area contributed by atoms with E-state index in [0.29, 0.717) is 0 Å². The molecule has 52 heavy (non-hydrogen) atoms. The Labute approximate surface area is 342 Å². The van der Waals surface area contributed by atoms with Crippen LogP contribution in [0.5, 0.6) is 0 Å². The zero-order chi connectivity index (χ0) is 36.8. The normalized spacial score (nSPS) is 19.9. The number of rotatable bonds is 6. The van der Waals surface area contributed by atoms with Crippen LogP contribution >= 0.6 is 47.4 Å². The molecule has 0 amide bonds. The summed E-state index contributed by atoms with van der Waals surface area (Å²) in [6.45, 7) is 13.1. The van der Waals surface area contributed by atoms with Crippen molar-refractivity contribution in [2.24, 2.45) is 0 Å². The third-order valence-corrected chi connectivity index (χ3v) is 26.7. The van der Waals surface area contributed by atoms with Crippen molar-refractivity contribution in [1.82, 2.24) is 0 Å². The molecular weight excluding hydrogens is 966 g/mol. The van der Waals surface area contributed by atoms with Crippen LogP contribution < -0.4 is 9.80 Å². The van der Waals surface area contributed by atoms with E-state index >= 15 is 0 Å². The van der Waals surface area contributed by atoms with Crippen molar-refractivity contribution in [2.45, 2.75) is 155 Å². The van der Waals surface area contributed by atoms with E-state index in [1.54, 1.807) is 96.3 Å². The Balaban J connectivity index is 0.000000206. The maximum absolute atomic E-state index is 2.81. The van der Waals surface area contributed by atoms with Gasteiger partial charge >= 0.3 is 225 Å². The van der Waals surface area contributed by atoms with Gasteiger partial charge in [-0.25, -0.2) is 0 Å². The number of benzene rings is 3. The summed E-state index contributed by atoms with van der Waals surface area (Å²) >= 11 is 5.61. The van der Waals surface area contributed by atoms with Gasteiger partial charge in [0.05, 0.1) is 17.0 Å². The van der Waals surface area contributed by atoms with Crippen LogP contribution in [0, 0.1) is 41.5 Å². The van der Waals surface area contributed by atoms with E-state index in [4.69, 9.17) is 0 Å². The number of halogens is 2. The first-order chi connectivity index (χ1) is 25.0. The van der Waals surface area contributed by atoms with Crippen LogP contribution in [0.25, 0.3) is 0 Å². The fraction of sp³-hybridized carbons (Fsp3) is 0.565. The molecule has 4 aliphatic rings. The van der Waals surface area contributed by atoms with Crippen molar-refractivity contribution in [3.8, 4) is 0 Å². The first kappa shape index (κ1) is 41.2. The van der Waals surface area contributed by atoms with Crippen molar-refractivity contribution < 1.29 is 6.84 Å². The van der Waals surface area contributed by atoms with Gasteiger partial charge < -0.3 is 0 Å². The number of aryl methyl sites for hydroxylation is 6. The Bertz CT molecular complexity index is 1610. The van der Waals surface area contributed by atoms with Gasteiger partial charge in [-0.05, 0) is 77.0 Å². The first-order valence-corrected chi connectivity index (χ1v) is 34.4. The summed E-state index contributed by atoms with van der Waals surface area (Å²) < 4.78 is 4.07.